The molecule has 4 N–H and O–H groups in total. The Labute approximate surface area is 104 Å². The average Bonchev–Trinajstić information content (AvgIpc) is 3.12. The summed E-state index contributed by atoms with van der Waals surface area (Å²) in [5, 5.41) is 3.02. The standard InChI is InChI=1S/C11H18N4O3/c1-18-5-4-15-9(12)8(10(16)14-11(15)17)13-6-7-2-3-7/h7,13H,2-6,12H2,1H3,(H,14,16,17). The topological polar surface area (TPSA) is 102 Å². The number of H-pyrrole nitrogens is 1. The van der Waals surface area contributed by atoms with E-state index in [0.29, 0.717) is 19.1 Å². The van der Waals surface area contributed by atoms with Gasteiger partial charge in [-0.25, -0.2) is 4.79 Å². The zero-order chi connectivity index (χ0) is 13.1. The van der Waals surface area contributed by atoms with Crippen molar-refractivity contribution in [2.75, 3.05) is 31.3 Å². The SMILES string of the molecule is COCCn1c(N)c(NCC2CC2)c(=O)[nH]c1=O. The second-order valence-electron chi connectivity index (χ2n) is 4.49. The summed E-state index contributed by atoms with van der Waals surface area (Å²) in [7, 11) is 1.54. The van der Waals surface area contributed by atoms with Gasteiger partial charge in [-0.1, -0.05) is 0 Å². The van der Waals surface area contributed by atoms with Crippen molar-refractivity contribution in [1.29, 1.82) is 0 Å². The summed E-state index contributed by atoms with van der Waals surface area (Å²) in [6.07, 6.45) is 2.35. The second-order valence-corrected chi connectivity index (χ2v) is 4.49. The fourth-order valence-corrected chi connectivity index (χ4v) is 1.73. The van der Waals surface area contributed by atoms with Gasteiger partial charge in [0.1, 0.15) is 11.5 Å². The van der Waals surface area contributed by atoms with E-state index in [0.717, 1.165) is 6.54 Å². The minimum absolute atomic E-state index is 0.168. The summed E-state index contributed by atoms with van der Waals surface area (Å²) in [6, 6.07) is 0. The van der Waals surface area contributed by atoms with Crippen LogP contribution in [0.1, 0.15) is 12.8 Å². The van der Waals surface area contributed by atoms with Gasteiger partial charge in [-0.05, 0) is 18.8 Å². The molecule has 1 aliphatic carbocycles. The Morgan fingerprint density at radius 3 is 2.83 bits per heavy atom. The van der Waals surface area contributed by atoms with Crippen molar-refractivity contribution in [2.24, 2.45) is 5.92 Å². The van der Waals surface area contributed by atoms with Crippen molar-refractivity contribution in [3.05, 3.63) is 20.8 Å². The van der Waals surface area contributed by atoms with Crippen LogP contribution in [-0.4, -0.2) is 29.8 Å². The van der Waals surface area contributed by atoms with Gasteiger partial charge < -0.3 is 15.8 Å². The number of ether oxygens (including phenoxy) is 1. The molecule has 0 amide bonds. The maximum atomic E-state index is 11.7. The van der Waals surface area contributed by atoms with E-state index in [9.17, 15) is 9.59 Å². The molecule has 18 heavy (non-hydrogen) atoms. The minimum Gasteiger partial charge on any atom is -0.383 e. The van der Waals surface area contributed by atoms with Crippen molar-refractivity contribution in [1.82, 2.24) is 9.55 Å². The fourth-order valence-electron chi connectivity index (χ4n) is 1.73. The highest BCUT2D eigenvalue weighted by Gasteiger charge is 2.22. The summed E-state index contributed by atoms with van der Waals surface area (Å²) in [6.45, 7) is 1.39. The molecule has 7 nitrogen and oxygen atoms in total. The third-order valence-electron chi connectivity index (χ3n) is 3.02. The van der Waals surface area contributed by atoms with Gasteiger partial charge in [0.25, 0.3) is 5.56 Å². The van der Waals surface area contributed by atoms with Crippen molar-refractivity contribution in [2.45, 2.75) is 19.4 Å². The average molecular weight is 254 g/mol. The summed E-state index contributed by atoms with van der Waals surface area (Å²) in [5.74, 6) is 0.782. The molecule has 1 saturated carbocycles. The van der Waals surface area contributed by atoms with Gasteiger partial charge in [0.15, 0.2) is 0 Å². The third-order valence-corrected chi connectivity index (χ3v) is 3.02. The quantitative estimate of drug-likeness (QED) is 0.640. The van der Waals surface area contributed by atoms with E-state index in [1.165, 1.54) is 17.4 Å². The van der Waals surface area contributed by atoms with E-state index in [-0.39, 0.29) is 11.5 Å². The number of hydrogen-bond donors (Lipinski definition) is 3. The molecule has 0 radical (unpaired) electrons. The number of aromatic amines is 1. The number of hydrogen-bond acceptors (Lipinski definition) is 5. The first-order chi connectivity index (χ1) is 8.63. The molecule has 100 valence electrons. The maximum Gasteiger partial charge on any atom is 0.330 e. The van der Waals surface area contributed by atoms with Gasteiger partial charge in [0.2, 0.25) is 0 Å². The Kier molecular flexibility index (Phi) is 3.71. The van der Waals surface area contributed by atoms with E-state index >= 15 is 0 Å². The lowest BCUT2D eigenvalue weighted by atomic mass is 10.3. The molecule has 2 rings (SSSR count). The molecule has 0 atom stereocenters. The molecule has 1 aliphatic rings. The van der Waals surface area contributed by atoms with Crippen molar-refractivity contribution in [3.8, 4) is 0 Å². The number of aromatic nitrogens is 2. The molecule has 0 aliphatic heterocycles. The maximum absolute atomic E-state index is 11.7. The normalized spacial score (nSPS) is 14.7. The first-order valence-electron chi connectivity index (χ1n) is 5.99. The lowest BCUT2D eigenvalue weighted by Gasteiger charge is -2.13. The van der Waals surface area contributed by atoms with E-state index in [2.05, 4.69) is 10.3 Å². The molecule has 0 aromatic carbocycles. The van der Waals surface area contributed by atoms with Gasteiger partial charge in [0, 0.05) is 13.7 Å². The number of nitrogens with zero attached hydrogens (tertiary/aromatic N) is 1. The third kappa shape index (κ3) is 2.73. The van der Waals surface area contributed by atoms with Crippen molar-refractivity contribution in [3.63, 3.8) is 0 Å². The van der Waals surface area contributed by atoms with E-state index in [4.69, 9.17) is 10.5 Å². The van der Waals surface area contributed by atoms with Crippen LogP contribution >= 0.6 is 0 Å². The summed E-state index contributed by atoms with van der Waals surface area (Å²) < 4.78 is 6.21. The molecule has 7 heteroatoms. The summed E-state index contributed by atoms with van der Waals surface area (Å²) in [5.41, 5.74) is 5.16. The summed E-state index contributed by atoms with van der Waals surface area (Å²) in [4.78, 5) is 25.5. The number of anilines is 2. The molecule has 0 unspecified atom stereocenters. The molecule has 1 fully saturated rings. The molecular weight excluding hydrogens is 236 g/mol. The van der Waals surface area contributed by atoms with Gasteiger partial charge in [-0.15, -0.1) is 0 Å². The molecule has 1 heterocycles. The van der Waals surface area contributed by atoms with Crippen molar-refractivity contribution < 1.29 is 4.74 Å². The van der Waals surface area contributed by atoms with Crippen LogP contribution in [-0.2, 0) is 11.3 Å². The fraction of sp³-hybridized carbons (Fsp3) is 0.636. The molecule has 0 bridgehead atoms. The Bertz CT molecular complexity index is 530. The Hall–Kier alpha value is -1.76. The number of rotatable bonds is 6. The second kappa shape index (κ2) is 5.26. The zero-order valence-corrected chi connectivity index (χ0v) is 10.4. The molecule has 0 saturated heterocycles. The highest BCUT2D eigenvalue weighted by Crippen LogP contribution is 2.28. The zero-order valence-electron chi connectivity index (χ0n) is 10.4. The van der Waals surface area contributed by atoms with Gasteiger partial charge in [-0.3, -0.25) is 14.3 Å². The first kappa shape index (κ1) is 12.7. The number of methoxy groups -OCH3 is 1. The van der Waals surface area contributed by atoms with E-state index in [1.807, 2.05) is 0 Å². The van der Waals surface area contributed by atoms with E-state index in [1.54, 1.807) is 7.11 Å². The van der Waals surface area contributed by atoms with Crippen LogP contribution in [0.2, 0.25) is 0 Å². The summed E-state index contributed by atoms with van der Waals surface area (Å²) >= 11 is 0. The lowest BCUT2D eigenvalue weighted by Crippen LogP contribution is -2.35. The number of nitrogens with one attached hydrogen (secondary N) is 2. The predicted molar refractivity (Wildman–Crippen MR) is 68.8 cm³/mol. The highest BCUT2D eigenvalue weighted by molar-refractivity contribution is 5.60. The van der Waals surface area contributed by atoms with Gasteiger partial charge >= 0.3 is 5.69 Å². The Morgan fingerprint density at radius 1 is 1.50 bits per heavy atom. The molecule has 0 spiro atoms. The van der Waals surface area contributed by atoms with Crippen LogP contribution < -0.4 is 22.3 Å². The first-order valence-corrected chi connectivity index (χ1v) is 5.99. The smallest absolute Gasteiger partial charge is 0.330 e. The van der Waals surface area contributed by atoms with Gasteiger partial charge in [0.05, 0.1) is 13.2 Å². The van der Waals surface area contributed by atoms with Crippen molar-refractivity contribution >= 4 is 11.5 Å². The molecule has 1 aromatic rings. The predicted octanol–water partition coefficient (Wildman–Crippen LogP) is -0.413. The lowest BCUT2D eigenvalue weighted by molar-refractivity contribution is 0.186. The minimum atomic E-state index is -0.508. The highest BCUT2D eigenvalue weighted by atomic mass is 16.5. The van der Waals surface area contributed by atoms with Crippen LogP contribution in [0.3, 0.4) is 0 Å². The van der Waals surface area contributed by atoms with Gasteiger partial charge in [-0.2, -0.15) is 0 Å². The van der Waals surface area contributed by atoms with Crippen LogP contribution in [0, 0.1) is 5.92 Å². The number of nitrogens with two attached hydrogens (primary N) is 1. The van der Waals surface area contributed by atoms with Crippen LogP contribution in [0.15, 0.2) is 9.59 Å². The molecular formula is C11H18N4O3. The van der Waals surface area contributed by atoms with Crippen LogP contribution in [0.25, 0.3) is 0 Å². The van der Waals surface area contributed by atoms with E-state index < -0.39 is 11.2 Å². The molecule has 1 aromatic heterocycles. The monoisotopic (exact) mass is 254 g/mol. The van der Waals surface area contributed by atoms with Crippen LogP contribution in [0.4, 0.5) is 11.5 Å². The largest absolute Gasteiger partial charge is 0.383 e. The number of nitrogen functional groups attached to an aromatic ring is 1. The van der Waals surface area contributed by atoms with Crippen LogP contribution in [0.5, 0.6) is 0 Å². The Morgan fingerprint density at radius 2 is 2.22 bits per heavy atom. The Balaban J connectivity index is 2.25.